The number of hydrogen-bond donors (Lipinski definition) is 1. The molecule has 0 aromatic heterocycles. The van der Waals surface area contributed by atoms with E-state index in [9.17, 15) is 0 Å². The maximum atomic E-state index is 6.01. The predicted molar refractivity (Wildman–Crippen MR) is 68.5 cm³/mol. The quantitative estimate of drug-likeness (QED) is 0.798. The maximum absolute atomic E-state index is 6.01. The molecule has 1 fully saturated rings. The highest BCUT2D eigenvalue weighted by Crippen LogP contribution is 2.28. The third-order valence-electron chi connectivity index (χ3n) is 3.59. The molecule has 1 heterocycles. The zero-order valence-electron chi connectivity index (χ0n) is 11.5. The molecule has 2 N–H and O–H groups in total. The standard InChI is InChI=1S/C13H28N2O/c1-10(2)6-13(5,9-14)15-7-12(4)16-8-11(15)3/h10-12H,6-9,14H2,1-5H3. The van der Waals surface area contributed by atoms with Gasteiger partial charge in [0.25, 0.3) is 0 Å². The Morgan fingerprint density at radius 1 is 1.44 bits per heavy atom. The highest BCUT2D eigenvalue weighted by atomic mass is 16.5. The molecule has 0 aliphatic carbocycles. The topological polar surface area (TPSA) is 38.5 Å². The van der Waals surface area contributed by atoms with E-state index in [-0.39, 0.29) is 5.54 Å². The Morgan fingerprint density at radius 2 is 2.06 bits per heavy atom. The van der Waals surface area contributed by atoms with Crippen LogP contribution >= 0.6 is 0 Å². The van der Waals surface area contributed by atoms with E-state index in [0.29, 0.717) is 18.1 Å². The average Bonchev–Trinajstić information content (AvgIpc) is 2.20. The summed E-state index contributed by atoms with van der Waals surface area (Å²) in [7, 11) is 0. The van der Waals surface area contributed by atoms with Gasteiger partial charge in [-0.05, 0) is 33.1 Å². The fourth-order valence-corrected chi connectivity index (χ4v) is 2.85. The highest BCUT2D eigenvalue weighted by Gasteiger charge is 2.37. The van der Waals surface area contributed by atoms with Gasteiger partial charge in [0.15, 0.2) is 0 Å². The van der Waals surface area contributed by atoms with Crippen LogP contribution in [0.25, 0.3) is 0 Å². The predicted octanol–water partition coefficient (Wildman–Crippen LogP) is 1.86. The van der Waals surface area contributed by atoms with Crippen molar-refractivity contribution in [1.29, 1.82) is 0 Å². The van der Waals surface area contributed by atoms with E-state index in [1.54, 1.807) is 0 Å². The van der Waals surface area contributed by atoms with Crippen LogP contribution in [-0.4, -0.2) is 42.3 Å². The summed E-state index contributed by atoms with van der Waals surface area (Å²) in [5, 5.41) is 0. The molecule has 3 heteroatoms. The zero-order chi connectivity index (χ0) is 12.3. The second-order valence-electron chi connectivity index (χ2n) is 5.94. The van der Waals surface area contributed by atoms with Gasteiger partial charge in [0.05, 0.1) is 12.7 Å². The summed E-state index contributed by atoms with van der Waals surface area (Å²) in [6.45, 7) is 13.8. The third-order valence-corrected chi connectivity index (χ3v) is 3.59. The van der Waals surface area contributed by atoms with Crippen molar-refractivity contribution in [2.24, 2.45) is 11.7 Å². The highest BCUT2D eigenvalue weighted by molar-refractivity contribution is 4.93. The molecule has 1 rings (SSSR count). The largest absolute Gasteiger partial charge is 0.376 e. The number of hydrogen-bond acceptors (Lipinski definition) is 3. The van der Waals surface area contributed by atoms with Gasteiger partial charge < -0.3 is 10.5 Å². The Balaban J connectivity index is 2.76. The molecule has 0 amide bonds. The van der Waals surface area contributed by atoms with Gasteiger partial charge in [-0.25, -0.2) is 0 Å². The van der Waals surface area contributed by atoms with Crippen molar-refractivity contribution in [3.8, 4) is 0 Å². The zero-order valence-corrected chi connectivity index (χ0v) is 11.5. The van der Waals surface area contributed by atoms with Crippen LogP contribution in [0, 0.1) is 5.92 Å². The van der Waals surface area contributed by atoms with Crippen LogP contribution < -0.4 is 5.73 Å². The maximum Gasteiger partial charge on any atom is 0.0675 e. The first kappa shape index (κ1) is 13.9. The Morgan fingerprint density at radius 3 is 2.56 bits per heavy atom. The van der Waals surface area contributed by atoms with E-state index in [1.165, 1.54) is 0 Å². The first-order valence-electron chi connectivity index (χ1n) is 6.47. The van der Waals surface area contributed by atoms with Gasteiger partial charge in [-0.1, -0.05) is 13.8 Å². The van der Waals surface area contributed by atoms with Gasteiger partial charge in [0.1, 0.15) is 0 Å². The summed E-state index contributed by atoms with van der Waals surface area (Å²) < 4.78 is 5.68. The summed E-state index contributed by atoms with van der Waals surface area (Å²) in [4.78, 5) is 2.54. The van der Waals surface area contributed by atoms with Crippen molar-refractivity contribution in [3.05, 3.63) is 0 Å². The van der Waals surface area contributed by atoms with E-state index >= 15 is 0 Å². The van der Waals surface area contributed by atoms with E-state index in [4.69, 9.17) is 10.5 Å². The van der Waals surface area contributed by atoms with Crippen molar-refractivity contribution in [2.45, 2.75) is 58.7 Å². The number of rotatable bonds is 4. The van der Waals surface area contributed by atoms with Gasteiger partial charge in [-0.3, -0.25) is 4.90 Å². The smallest absolute Gasteiger partial charge is 0.0675 e. The summed E-state index contributed by atoms with van der Waals surface area (Å²) in [5.41, 5.74) is 6.13. The molecule has 0 bridgehead atoms. The number of ether oxygens (including phenoxy) is 1. The van der Waals surface area contributed by atoms with Gasteiger partial charge in [-0.15, -0.1) is 0 Å². The van der Waals surface area contributed by atoms with E-state index in [0.717, 1.165) is 26.1 Å². The first-order chi connectivity index (χ1) is 7.39. The Hall–Kier alpha value is -0.120. The molecule has 1 aliphatic rings. The average molecular weight is 228 g/mol. The Labute approximate surface area is 100 Å². The molecule has 0 spiro atoms. The minimum Gasteiger partial charge on any atom is -0.376 e. The molecule has 3 unspecified atom stereocenters. The summed E-state index contributed by atoms with van der Waals surface area (Å²) in [6.07, 6.45) is 1.48. The Kier molecular flexibility index (Phi) is 4.77. The summed E-state index contributed by atoms with van der Waals surface area (Å²) >= 11 is 0. The van der Waals surface area contributed by atoms with E-state index < -0.39 is 0 Å². The van der Waals surface area contributed by atoms with Crippen LogP contribution in [-0.2, 0) is 4.74 Å². The monoisotopic (exact) mass is 228 g/mol. The van der Waals surface area contributed by atoms with Crippen LogP contribution in [0.2, 0.25) is 0 Å². The van der Waals surface area contributed by atoms with E-state index in [1.807, 2.05) is 0 Å². The van der Waals surface area contributed by atoms with Crippen molar-refractivity contribution in [3.63, 3.8) is 0 Å². The number of nitrogens with zero attached hydrogens (tertiary/aromatic N) is 1. The molecule has 3 atom stereocenters. The minimum absolute atomic E-state index is 0.117. The second kappa shape index (κ2) is 5.48. The minimum atomic E-state index is 0.117. The lowest BCUT2D eigenvalue weighted by Crippen LogP contribution is -2.61. The molecule has 0 radical (unpaired) electrons. The van der Waals surface area contributed by atoms with Gasteiger partial charge in [0.2, 0.25) is 0 Å². The fraction of sp³-hybridized carbons (Fsp3) is 1.00. The van der Waals surface area contributed by atoms with Crippen molar-refractivity contribution >= 4 is 0 Å². The molecule has 0 aromatic rings. The lowest BCUT2D eigenvalue weighted by Gasteiger charge is -2.49. The normalized spacial score (nSPS) is 31.7. The lowest BCUT2D eigenvalue weighted by molar-refractivity contribution is -0.0924. The molecular weight excluding hydrogens is 200 g/mol. The van der Waals surface area contributed by atoms with Gasteiger partial charge in [-0.2, -0.15) is 0 Å². The number of nitrogens with two attached hydrogens (primary N) is 1. The number of morpholine rings is 1. The Bertz CT molecular complexity index is 220. The van der Waals surface area contributed by atoms with Crippen LogP contribution in [0.5, 0.6) is 0 Å². The van der Waals surface area contributed by atoms with Crippen LogP contribution in [0.4, 0.5) is 0 Å². The van der Waals surface area contributed by atoms with Crippen molar-refractivity contribution < 1.29 is 4.74 Å². The SMILES string of the molecule is CC(C)CC(C)(CN)N1CC(C)OCC1C. The third kappa shape index (κ3) is 3.19. The van der Waals surface area contributed by atoms with E-state index in [2.05, 4.69) is 39.5 Å². The molecule has 0 aromatic carbocycles. The summed E-state index contributed by atoms with van der Waals surface area (Å²) in [5.74, 6) is 0.680. The van der Waals surface area contributed by atoms with Gasteiger partial charge >= 0.3 is 0 Å². The fourth-order valence-electron chi connectivity index (χ4n) is 2.85. The van der Waals surface area contributed by atoms with Gasteiger partial charge in [0, 0.05) is 24.7 Å². The molecule has 1 saturated heterocycles. The second-order valence-corrected chi connectivity index (χ2v) is 5.94. The molecule has 1 aliphatic heterocycles. The van der Waals surface area contributed by atoms with Crippen LogP contribution in [0.1, 0.15) is 41.0 Å². The van der Waals surface area contributed by atoms with Crippen molar-refractivity contribution in [2.75, 3.05) is 19.7 Å². The summed E-state index contributed by atoms with van der Waals surface area (Å²) in [6, 6.07) is 0.475. The molecule has 16 heavy (non-hydrogen) atoms. The van der Waals surface area contributed by atoms with Crippen molar-refractivity contribution in [1.82, 2.24) is 4.90 Å². The lowest BCUT2D eigenvalue weighted by atomic mass is 9.87. The molecular formula is C13H28N2O. The van der Waals surface area contributed by atoms with Crippen LogP contribution in [0.3, 0.4) is 0 Å². The molecule has 0 saturated carbocycles. The molecule has 96 valence electrons. The molecule has 3 nitrogen and oxygen atoms in total. The first-order valence-corrected chi connectivity index (χ1v) is 6.47. The van der Waals surface area contributed by atoms with Crippen LogP contribution in [0.15, 0.2) is 0 Å².